The van der Waals surface area contributed by atoms with Gasteiger partial charge in [0.25, 0.3) is 0 Å². The van der Waals surface area contributed by atoms with E-state index in [0.29, 0.717) is 11.6 Å². The minimum atomic E-state index is -0.634. The Labute approximate surface area is 286 Å². The maximum absolute atomic E-state index is 7.79. The molecule has 1 aromatic heterocycles. The van der Waals surface area contributed by atoms with Crippen molar-refractivity contribution in [1.82, 2.24) is 4.98 Å². The number of ether oxygens (including phenoxy) is 1. The Morgan fingerprint density at radius 3 is 2.25 bits per heavy atom. The molecule has 4 heteroatoms. The van der Waals surface area contributed by atoms with Crippen LogP contribution >= 0.6 is 0 Å². The maximum atomic E-state index is 7.79. The van der Waals surface area contributed by atoms with Crippen LogP contribution in [0.4, 0.5) is 5.69 Å². The van der Waals surface area contributed by atoms with Crippen LogP contribution in [0.15, 0.2) is 121 Å². The maximum Gasteiger partial charge on any atom is 0.129 e. The van der Waals surface area contributed by atoms with E-state index in [1.54, 1.807) is 6.92 Å². The normalized spacial score (nSPS) is 16.2. The van der Waals surface area contributed by atoms with Crippen LogP contribution in [0.2, 0.25) is 0 Å². The van der Waals surface area contributed by atoms with Crippen molar-refractivity contribution in [2.75, 3.05) is 5.32 Å². The van der Waals surface area contributed by atoms with Crippen LogP contribution in [0.1, 0.15) is 101 Å². The van der Waals surface area contributed by atoms with E-state index in [4.69, 9.17) is 15.1 Å². The highest BCUT2D eigenvalue weighted by Gasteiger charge is 2.48. The fourth-order valence-electron chi connectivity index (χ4n) is 7.19. The van der Waals surface area contributed by atoms with Crippen LogP contribution in [0.5, 0.6) is 11.5 Å². The summed E-state index contributed by atoms with van der Waals surface area (Å²) in [5, 5.41) is 11.2. The Balaban J connectivity index is 1.55. The summed E-state index contributed by atoms with van der Waals surface area (Å²) < 4.78 is 6.59. The molecule has 2 atom stereocenters. The summed E-state index contributed by atoms with van der Waals surface area (Å²) in [6.07, 6.45) is 6.02. The predicted molar refractivity (Wildman–Crippen MR) is 201 cm³/mol. The summed E-state index contributed by atoms with van der Waals surface area (Å²) >= 11 is 0. The number of aromatic nitrogens is 1. The SMILES string of the molecule is CCCC(C)c1ccc2c(c1)C(c1cccc(Oc3cccc(N/C(C)=C\C(C)=N)c3)c1)(c1ccccn1)c1cc(C(C)(C)C)ccc1-2. The molecule has 0 saturated heterocycles. The van der Waals surface area contributed by atoms with Crippen LogP contribution in [0, 0.1) is 5.41 Å². The van der Waals surface area contributed by atoms with Gasteiger partial charge in [-0.2, -0.15) is 0 Å². The zero-order chi connectivity index (χ0) is 34.1. The van der Waals surface area contributed by atoms with E-state index in [1.807, 2.05) is 55.6 Å². The Kier molecular flexibility index (Phi) is 9.11. The third kappa shape index (κ3) is 6.32. The molecular weight excluding hydrogens is 587 g/mol. The van der Waals surface area contributed by atoms with Crippen molar-refractivity contribution in [3.8, 4) is 22.6 Å². The summed E-state index contributed by atoms with van der Waals surface area (Å²) in [4.78, 5) is 5.11. The molecular formula is C44H47N3O. The number of nitrogens with one attached hydrogen (secondary N) is 2. The lowest BCUT2D eigenvalue weighted by Gasteiger charge is -2.34. The second kappa shape index (κ2) is 13.3. The van der Waals surface area contributed by atoms with Crippen molar-refractivity contribution in [3.63, 3.8) is 0 Å². The Morgan fingerprint density at radius 1 is 0.854 bits per heavy atom. The van der Waals surface area contributed by atoms with Gasteiger partial charge in [-0.15, -0.1) is 0 Å². The first-order valence-electron chi connectivity index (χ1n) is 17.1. The monoisotopic (exact) mass is 633 g/mol. The molecule has 6 rings (SSSR count). The van der Waals surface area contributed by atoms with Gasteiger partial charge >= 0.3 is 0 Å². The number of rotatable bonds is 10. The highest BCUT2D eigenvalue weighted by Crippen LogP contribution is 2.57. The molecule has 4 aromatic carbocycles. The molecule has 244 valence electrons. The van der Waals surface area contributed by atoms with Gasteiger partial charge in [0, 0.05) is 29.4 Å². The molecule has 0 amide bonds. The molecule has 2 unspecified atom stereocenters. The van der Waals surface area contributed by atoms with E-state index in [1.165, 1.54) is 33.4 Å². The van der Waals surface area contributed by atoms with Gasteiger partial charge < -0.3 is 15.5 Å². The van der Waals surface area contributed by atoms with Crippen molar-refractivity contribution in [1.29, 1.82) is 5.41 Å². The minimum Gasteiger partial charge on any atom is -0.457 e. The second-order valence-corrected chi connectivity index (χ2v) is 14.3. The number of benzene rings is 4. The van der Waals surface area contributed by atoms with E-state index in [-0.39, 0.29) is 5.41 Å². The van der Waals surface area contributed by atoms with Crippen LogP contribution < -0.4 is 10.1 Å². The van der Waals surface area contributed by atoms with Crippen molar-refractivity contribution in [2.24, 2.45) is 0 Å². The number of hydrogen-bond donors (Lipinski definition) is 2. The molecule has 0 spiro atoms. The van der Waals surface area contributed by atoms with E-state index in [2.05, 4.69) is 107 Å². The fraction of sp³-hybridized carbons (Fsp3) is 0.273. The lowest BCUT2D eigenvalue weighted by Crippen LogP contribution is -2.30. The number of hydrogen-bond acceptors (Lipinski definition) is 4. The van der Waals surface area contributed by atoms with Crippen molar-refractivity contribution < 1.29 is 4.74 Å². The second-order valence-electron chi connectivity index (χ2n) is 14.3. The van der Waals surface area contributed by atoms with Gasteiger partial charge in [0.2, 0.25) is 0 Å². The Bertz CT molecular complexity index is 1980. The average Bonchev–Trinajstić information content (AvgIpc) is 3.34. The summed E-state index contributed by atoms with van der Waals surface area (Å²) in [6.45, 7) is 15.2. The fourth-order valence-corrected chi connectivity index (χ4v) is 7.19. The molecule has 0 bridgehead atoms. The molecule has 0 fully saturated rings. The molecule has 2 N–H and O–H groups in total. The van der Waals surface area contributed by atoms with Crippen molar-refractivity contribution in [2.45, 2.75) is 78.1 Å². The molecule has 1 aliphatic rings. The molecule has 0 radical (unpaired) electrons. The summed E-state index contributed by atoms with van der Waals surface area (Å²) in [6, 6.07) is 37.0. The van der Waals surface area contributed by atoms with Gasteiger partial charge in [-0.05, 0) is 113 Å². The van der Waals surface area contributed by atoms with Gasteiger partial charge in [0.15, 0.2) is 0 Å². The van der Waals surface area contributed by atoms with E-state index in [0.717, 1.165) is 47.0 Å². The molecule has 1 heterocycles. The highest BCUT2D eigenvalue weighted by molar-refractivity contribution is 5.91. The zero-order valence-electron chi connectivity index (χ0n) is 29.3. The number of pyridine rings is 1. The van der Waals surface area contributed by atoms with Crippen LogP contribution in [0.25, 0.3) is 11.1 Å². The Morgan fingerprint density at radius 2 is 1.56 bits per heavy atom. The van der Waals surface area contributed by atoms with Crippen LogP contribution in [0.3, 0.4) is 0 Å². The van der Waals surface area contributed by atoms with Crippen molar-refractivity contribution in [3.05, 3.63) is 155 Å². The molecule has 48 heavy (non-hydrogen) atoms. The third-order valence-electron chi connectivity index (χ3n) is 9.48. The van der Waals surface area contributed by atoms with Crippen LogP contribution in [-0.4, -0.2) is 10.7 Å². The van der Waals surface area contributed by atoms with E-state index in [9.17, 15) is 0 Å². The first kappa shape index (κ1) is 33.0. The molecule has 0 aliphatic heterocycles. The molecule has 1 aliphatic carbocycles. The van der Waals surface area contributed by atoms with Crippen LogP contribution in [-0.2, 0) is 10.8 Å². The quantitative estimate of drug-likeness (QED) is 0.148. The lowest BCUT2D eigenvalue weighted by atomic mass is 9.68. The third-order valence-corrected chi connectivity index (χ3v) is 9.48. The standard InChI is InChI=1S/C44H47N3O/c1-8-13-29(2)32-19-21-38-39-22-20-33(43(5,6)7)27-41(39)44(40(38)25-32,42-18-9-10-23-46-42)34-14-11-16-36(26-34)48-37-17-12-15-35(28-37)47-31(4)24-30(3)45/h9-12,14-29,45,47H,8,13H2,1-7H3/b31-24-,45-30?. The smallest absolute Gasteiger partial charge is 0.129 e. The lowest BCUT2D eigenvalue weighted by molar-refractivity contribution is 0.481. The average molecular weight is 634 g/mol. The van der Waals surface area contributed by atoms with Gasteiger partial charge in [0.05, 0.1) is 11.1 Å². The number of nitrogens with zero attached hydrogens (tertiary/aromatic N) is 1. The largest absolute Gasteiger partial charge is 0.457 e. The van der Waals surface area contributed by atoms with Crippen molar-refractivity contribution >= 4 is 11.4 Å². The molecule has 5 aromatic rings. The topological polar surface area (TPSA) is 58.0 Å². The van der Waals surface area contributed by atoms with Gasteiger partial charge in [0.1, 0.15) is 11.5 Å². The molecule has 0 saturated carbocycles. The summed E-state index contributed by atoms with van der Waals surface area (Å²) in [5.74, 6) is 1.95. The van der Waals surface area contributed by atoms with Gasteiger partial charge in [-0.3, -0.25) is 4.98 Å². The summed E-state index contributed by atoms with van der Waals surface area (Å²) in [7, 11) is 0. The molecule has 4 nitrogen and oxygen atoms in total. The first-order chi connectivity index (χ1) is 23.0. The first-order valence-corrected chi connectivity index (χ1v) is 17.1. The minimum absolute atomic E-state index is 0.0184. The number of allylic oxidation sites excluding steroid dienone is 2. The highest BCUT2D eigenvalue weighted by atomic mass is 16.5. The van der Waals surface area contributed by atoms with Gasteiger partial charge in [-0.1, -0.05) is 102 Å². The summed E-state index contributed by atoms with van der Waals surface area (Å²) in [5.41, 5.74) is 11.5. The zero-order valence-corrected chi connectivity index (χ0v) is 29.3. The number of anilines is 1. The number of fused-ring (bicyclic) bond motifs is 3. The van der Waals surface area contributed by atoms with Gasteiger partial charge in [-0.25, -0.2) is 0 Å². The Hall–Kier alpha value is -4.96. The predicted octanol–water partition coefficient (Wildman–Crippen LogP) is 11.8. The van der Waals surface area contributed by atoms with E-state index < -0.39 is 5.41 Å². The van der Waals surface area contributed by atoms with E-state index >= 15 is 0 Å².